The molecule has 5 rings (SSSR count). The summed E-state index contributed by atoms with van der Waals surface area (Å²) in [5.41, 5.74) is 4.56. The molecule has 2 saturated heterocycles. The maximum absolute atomic E-state index is 13.6. The zero-order valence-electron chi connectivity index (χ0n) is 25.2. The summed E-state index contributed by atoms with van der Waals surface area (Å²) in [4.78, 5) is 22.6. The van der Waals surface area contributed by atoms with Crippen LogP contribution < -0.4 is 0 Å². The van der Waals surface area contributed by atoms with Crippen molar-refractivity contribution < 1.29 is 13.2 Å². The third-order valence-electron chi connectivity index (χ3n) is 10.2. The molecule has 1 aromatic heterocycles. The van der Waals surface area contributed by atoms with Crippen LogP contribution in [0.25, 0.3) is 0 Å². The van der Waals surface area contributed by atoms with E-state index in [0.717, 1.165) is 81.7 Å². The van der Waals surface area contributed by atoms with E-state index in [1.54, 1.807) is 13.2 Å². The molecule has 0 unspecified atom stereocenters. The highest BCUT2D eigenvalue weighted by molar-refractivity contribution is 7.88. The number of aromatic nitrogens is 1. The Hall–Kier alpha value is -2.29. The molecule has 3 heterocycles. The molecule has 3 fully saturated rings. The first-order chi connectivity index (χ1) is 19.7. The fraction of sp³-hybridized carbons (Fsp3) is 0.636. The zero-order chi connectivity index (χ0) is 29.0. The fourth-order valence-corrected chi connectivity index (χ4v) is 8.22. The first-order valence-electron chi connectivity index (χ1n) is 15.7. The molecule has 1 aromatic carbocycles. The fourth-order valence-electron chi connectivity index (χ4n) is 7.47. The Morgan fingerprint density at radius 3 is 2.37 bits per heavy atom. The maximum atomic E-state index is 13.6. The third-order valence-corrected chi connectivity index (χ3v) is 11.6. The van der Waals surface area contributed by atoms with Gasteiger partial charge in [-0.25, -0.2) is 12.7 Å². The lowest BCUT2D eigenvalue weighted by Gasteiger charge is -2.43. The van der Waals surface area contributed by atoms with Crippen molar-refractivity contribution in [2.24, 2.45) is 5.92 Å². The number of nitrogens with zero attached hydrogens (tertiary/aromatic N) is 4. The van der Waals surface area contributed by atoms with Gasteiger partial charge in [0.25, 0.3) is 5.91 Å². The number of carbonyl (C=O) groups is 1. The molecule has 2 aliphatic heterocycles. The van der Waals surface area contributed by atoms with Gasteiger partial charge in [0.15, 0.2) is 0 Å². The van der Waals surface area contributed by atoms with E-state index < -0.39 is 10.0 Å². The standard InChI is InChI=1S/C33H48N4O3S/c1-25-29(13-12-26-8-7-11-28(22-26)27-9-5-4-6-10-27)23-34-24-32(25)33(38)37-20-16-31(17-21-37)36-18-14-30(15-19-36)35(2)41(3,39)40/h4-6,9-10,23-24,26,28,30-31H,7-8,11-22H2,1-3H3/t26-,28-/m1/s1. The van der Waals surface area contributed by atoms with Crippen molar-refractivity contribution >= 4 is 15.9 Å². The van der Waals surface area contributed by atoms with Gasteiger partial charge in [0, 0.05) is 44.6 Å². The van der Waals surface area contributed by atoms with Gasteiger partial charge in [-0.15, -0.1) is 0 Å². The quantitative estimate of drug-likeness (QED) is 0.426. The lowest BCUT2D eigenvalue weighted by atomic mass is 9.76. The molecule has 224 valence electrons. The number of rotatable bonds is 8. The average molecular weight is 581 g/mol. The van der Waals surface area contributed by atoms with Crippen molar-refractivity contribution in [2.75, 3.05) is 39.5 Å². The van der Waals surface area contributed by atoms with Crippen LogP contribution in [0.1, 0.15) is 90.8 Å². The van der Waals surface area contributed by atoms with E-state index in [1.807, 2.05) is 11.1 Å². The molecular weight excluding hydrogens is 532 g/mol. The van der Waals surface area contributed by atoms with E-state index in [4.69, 9.17) is 0 Å². The second-order valence-electron chi connectivity index (χ2n) is 12.7. The molecule has 2 aromatic rings. The van der Waals surface area contributed by atoms with Crippen molar-refractivity contribution in [2.45, 2.75) is 89.1 Å². The van der Waals surface area contributed by atoms with Crippen LogP contribution in [0.3, 0.4) is 0 Å². The molecule has 1 amide bonds. The Kier molecular flexibility index (Phi) is 9.82. The van der Waals surface area contributed by atoms with E-state index in [-0.39, 0.29) is 11.9 Å². The molecular formula is C33H48N4O3S. The highest BCUT2D eigenvalue weighted by atomic mass is 32.2. The number of benzene rings is 1. The van der Waals surface area contributed by atoms with Crippen LogP contribution in [0, 0.1) is 12.8 Å². The Morgan fingerprint density at radius 1 is 0.976 bits per heavy atom. The minimum absolute atomic E-state index is 0.0917. The average Bonchev–Trinajstić information content (AvgIpc) is 3.00. The summed E-state index contributed by atoms with van der Waals surface area (Å²) in [7, 11) is -1.45. The minimum Gasteiger partial charge on any atom is -0.338 e. The van der Waals surface area contributed by atoms with Gasteiger partial charge in [-0.2, -0.15) is 0 Å². The minimum atomic E-state index is -3.15. The molecule has 41 heavy (non-hydrogen) atoms. The van der Waals surface area contributed by atoms with Crippen molar-refractivity contribution in [1.29, 1.82) is 0 Å². The van der Waals surface area contributed by atoms with Crippen LogP contribution in [-0.4, -0.2) is 85.0 Å². The summed E-state index contributed by atoms with van der Waals surface area (Å²) >= 11 is 0. The molecule has 1 saturated carbocycles. The van der Waals surface area contributed by atoms with Crippen LogP contribution in [-0.2, 0) is 16.4 Å². The number of aryl methyl sites for hydroxylation is 1. The predicted molar refractivity (Wildman–Crippen MR) is 165 cm³/mol. The number of hydrogen-bond donors (Lipinski definition) is 0. The Bertz CT molecular complexity index is 1270. The Labute approximate surface area is 247 Å². The van der Waals surface area contributed by atoms with Gasteiger partial charge in [-0.05, 0) is 99.9 Å². The number of likely N-dealkylation sites (tertiary alicyclic amines) is 2. The number of amides is 1. The van der Waals surface area contributed by atoms with Gasteiger partial charge in [0.05, 0.1) is 11.8 Å². The summed E-state index contributed by atoms with van der Waals surface area (Å²) in [6.45, 7) is 5.46. The number of sulfonamides is 1. The van der Waals surface area contributed by atoms with E-state index >= 15 is 0 Å². The molecule has 1 aliphatic carbocycles. The third kappa shape index (κ3) is 7.38. The summed E-state index contributed by atoms with van der Waals surface area (Å²) < 4.78 is 25.4. The van der Waals surface area contributed by atoms with Crippen LogP contribution in [0.4, 0.5) is 0 Å². The highest BCUT2D eigenvalue weighted by Gasteiger charge is 2.33. The molecule has 0 spiro atoms. The first-order valence-corrected chi connectivity index (χ1v) is 17.5. The molecule has 0 radical (unpaired) electrons. The summed E-state index contributed by atoms with van der Waals surface area (Å²) in [5, 5.41) is 0. The van der Waals surface area contributed by atoms with Crippen LogP contribution >= 0.6 is 0 Å². The lowest BCUT2D eigenvalue weighted by molar-refractivity contribution is 0.0547. The Balaban J connectivity index is 1.11. The monoisotopic (exact) mass is 580 g/mol. The van der Waals surface area contributed by atoms with Crippen molar-refractivity contribution in [1.82, 2.24) is 19.1 Å². The van der Waals surface area contributed by atoms with Gasteiger partial charge >= 0.3 is 0 Å². The summed E-state index contributed by atoms with van der Waals surface area (Å²) in [6.07, 6.45) is 16.0. The maximum Gasteiger partial charge on any atom is 0.255 e. The molecule has 7 nitrogen and oxygen atoms in total. The zero-order valence-corrected chi connectivity index (χ0v) is 26.0. The normalized spacial score (nSPS) is 23.7. The topological polar surface area (TPSA) is 73.8 Å². The number of hydrogen-bond acceptors (Lipinski definition) is 5. The van der Waals surface area contributed by atoms with Crippen LogP contribution in [0.5, 0.6) is 0 Å². The van der Waals surface area contributed by atoms with Crippen molar-refractivity contribution in [3.8, 4) is 0 Å². The van der Waals surface area contributed by atoms with Gasteiger partial charge in [0.2, 0.25) is 10.0 Å². The molecule has 0 N–H and O–H groups in total. The van der Waals surface area contributed by atoms with Gasteiger partial charge in [-0.1, -0.05) is 43.2 Å². The second-order valence-corrected chi connectivity index (χ2v) is 14.8. The predicted octanol–water partition coefficient (Wildman–Crippen LogP) is 5.26. The lowest BCUT2D eigenvalue weighted by Crippen LogP contribution is -2.52. The van der Waals surface area contributed by atoms with Crippen LogP contribution in [0.2, 0.25) is 0 Å². The number of piperidine rings is 2. The largest absolute Gasteiger partial charge is 0.338 e. The van der Waals surface area contributed by atoms with E-state index in [0.29, 0.717) is 12.0 Å². The van der Waals surface area contributed by atoms with E-state index in [9.17, 15) is 13.2 Å². The molecule has 8 heteroatoms. The summed E-state index contributed by atoms with van der Waals surface area (Å²) in [5.74, 6) is 1.51. The molecule has 0 bridgehead atoms. The van der Waals surface area contributed by atoms with E-state index in [1.165, 1.54) is 47.4 Å². The van der Waals surface area contributed by atoms with Gasteiger partial charge in [0.1, 0.15) is 0 Å². The van der Waals surface area contributed by atoms with Crippen molar-refractivity contribution in [3.05, 3.63) is 65.0 Å². The van der Waals surface area contributed by atoms with Gasteiger partial charge < -0.3 is 9.80 Å². The summed E-state index contributed by atoms with van der Waals surface area (Å²) in [6, 6.07) is 11.5. The second kappa shape index (κ2) is 13.3. The van der Waals surface area contributed by atoms with Gasteiger partial charge in [-0.3, -0.25) is 9.78 Å². The van der Waals surface area contributed by atoms with Crippen LogP contribution in [0.15, 0.2) is 42.7 Å². The van der Waals surface area contributed by atoms with Crippen molar-refractivity contribution in [3.63, 3.8) is 0 Å². The number of carbonyl (C=O) groups excluding carboxylic acids is 1. The van der Waals surface area contributed by atoms with E-state index in [2.05, 4.69) is 47.1 Å². The smallest absolute Gasteiger partial charge is 0.255 e. The highest BCUT2D eigenvalue weighted by Crippen LogP contribution is 2.38. The first kappa shape index (κ1) is 30.2. The molecule has 3 aliphatic rings. The number of pyridine rings is 1. The Morgan fingerprint density at radius 2 is 1.68 bits per heavy atom. The SMILES string of the molecule is Cc1c(CC[C@H]2CCC[C@@H](c3ccccc3)C2)cncc1C(=O)N1CCC(N2CCC(N(C)S(C)(=O)=O)CC2)CC1. The molecule has 2 atom stereocenters.